The number of carboxylic acid groups (broad SMARTS) is 1. The van der Waals surface area contributed by atoms with E-state index in [1.54, 1.807) is 51.1 Å². The van der Waals surface area contributed by atoms with E-state index in [4.69, 9.17) is 14.6 Å². The number of para-hydroxylation sites is 2. The summed E-state index contributed by atoms with van der Waals surface area (Å²) < 4.78 is 38.4. The van der Waals surface area contributed by atoms with Crippen LogP contribution >= 0.6 is 0 Å². The highest BCUT2D eigenvalue weighted by molar-refractivity contribution is 6.02. The molecule has 3 rings (SSSR count). The van der Waals surface area contributed by atoms with Crippen molar-refractivity contribution in [2.45, 2.75) is 32.8 Å². The molecule has 0 bridgehead atoms. The Bertz CT molecular complexity index is 1590. The van der Waals surface area contributed by atoms with Gasteiger partial charge in [0, 0.05) is 24.5 Å². The van der Waals surface area contributed by atoms with Gasteiger partial charge in [-0.2, -0.15) is 0 Å². The van der Waals surface area contributed by atoms with Crippen LogP contribution in [-0.2, 0) is 30.3 Å². The molecule has 0 fully saturated rings. The molecule has 12 nitrogen and oxygen atoms in total. The maximum atomic E-state index is 13.7. The van der Waals surface area contributed by atoms with E-state index in [1.165, 1.54) is 25.2 Å². The molecule has 3 N–H and O–H groups in total. The average Bonchev–Trinajstić information content (AvgIpc) is 2.95. The summed E-state index contributed by atoms with van der Waals surface area (Å²) in [5.74, 6) is -4.94. The first-order chi connectivity index (χ1) is 21.6. The number of ether oxygens (including phenoxy) is 2. The summed E-state index contributed by atoms with van der Waals surface area (Å²) in [5, 5.41) is 13.9. The predicted molar refractivity (Wildman–Crippen MR) is 165 cm³/mol. The molecule has 0 aliphatic heterocycles. The van der Waals surface area contributed by atoms with Crippen LogP contribution in [0.1, 0.15) is 26.3 Å². The van der Waals surface area contributed by atoms with Crippen molar-refractivity contribution in [2.24, 2.45) is 0 Å². The molecule has 14 heteroatoms. The lowest BCUT2D eigenvalue weighted by atomic mass is 10.1. The van der Waals surface area contributed by atoms with Crippen LogP contribution in [0.4, 0.5) is 30.6 Å². The second kappa shape index (κ2) is 15.5. The number of aliphatic carboxylic acids is 1. The molecular weight excluding hydrogens is 606 g/mol. The van der Waals surface area contributed by atoms with Crippen molar-refractivity contribution in [1.29, 1.82) is 0 Å². The fourth-order valence-electron chi connectivity index (χ4n) is 4.09. The first-order valence-corrected chi connectivity index (χ1v) is 13.9. The van der Waals surface area contributed by atoms with Crippen molar-refractivity contribution in [3.63, 3.8) is 0 Å². The Labute approximate surface area is 263 Å². The third-order valence-electron chi connectivity index (χ3n) is 6.06. The summed E-state index contributed by atoms with van der Waals surface area (Å²) in [6.45, 7) is 3.20. The number of hydrogen-bond donors (Lipinski definition) is 3. The van der Waals surface area contributed by atoms with Crippen LogP contribution in [0.3, 0.4) is 0 Å². The lowest BCUT2D eigenvalue weighted by Crippen LogP contribution is -2.45. The number of hydrogen-bond acceptors (Lipinski definition) is 7. The second-order valence-corrected chi connectivity index (χ2v) is 11.0. The van der Waals surface area contributed by atoms with Crippen LogP contribution in [0.25, 0.3) is 0 Å². The molecule has 0 radical (unpaired) electrons. The average molecular weight is 641 g/mol. The lowest BCUT2D eigenvalue weighted by molar-refractivity contribution is -0.153. The standard InChI is InChI=1S/C32H34F2N4O8/c1-32(2,3)46-30(43)18-38(27(39)17-35-31(44)36-23-9-7-8-20(12-23)13-29(41)42)25-10-5-6-11-26(25)45-19-28(40)37(4)24-15-21(33)14-22(34)16-24/h5-12,14-16H,13,17-19H2,1-4H3,(H,41,42)(H2,35,36,44). The molecule has 0 unspecified atom stereocenters. The molecular formula is C32H34F2N4O8. The van der Waals surface area contributed by atoms with Crippen molar-refractivity contribution in [3.05, 3.63) is 83.9 Å². The number of urea groups is 1. The number of nitrogens with one attached hydrogen (secondary N) is 2. The van der Waals surface area contributed by atoms with Gasteiger partial charge in [-0.15, -0.1) is 0 Å². The SMILES string of the molecule is CN(C(=O)COc1ccccc1N(CC(=O)OC(C)(C)C)C(=O)CNC(=O)Nc1cccc(CC(=O)O)c1)c1cc(F)cc(F)c1. The Morgan fingerprint density at radius 2 is 1.57 bits per heavy atom. The molecule has 3 aromatic rings. The van der Waals surface area contributed by atoms with Gasteiger partial charge in [0.15, 0.2) is 6.61 Å². The molecule has 4 amide bonds. The Hall–Kier alpha value is -5.53. The van der Waals surface area contributed by atoms with Gasteiger partial charge in [0.1, 0.15) is 29.5 Å². The van der Waals surface area contributed by atoms with Gasteiger partial charge in [0.05, 0.1) is 18.7 Å². The zero-order valence-corrected chi connectivity index (χ0v) is 25.6. The number of carbonyl (C=O) groups is 5. The number of esters is 1. The molecule has 0 atom stereocenters. The summed E-state index contributed by atoms with van der Waals surface area (Å²) in [5.41, 5.74) is -0.0890. The first kappa shape index (κ1) is 35.0. The van der Waals surface area contributed by atoms with E-state index >= 15 is 0 Å². The molecule has 0 aliphatic carbocycles. The minimum atomic E-state index is -1.04. The highest BCUT2D eigenvalue weighted by Crippen LogP contribution is 2.29. The fraction of sp³-hybridized carbons (Fsp3) is 0.281. The Kier molecular flexibility index (Phi) is 11.7. The number of carbonyl (C=O) groups excluding carboxylic acids is 4. The third kappa shape index (κ3) is 10.9. The van der Waals surface area contributed by atoms with Crippen molar-refractivity contribution in [2.75, 3.05) is 41.9 Å². The van der Waals surface area contributed by atoms with Gasteiger partial charge in [-0.3, -0.25) is 24.1 Å². The molecule has 46 heavy (non-hydrogen) atoms. The summed E-state index contributed by atoms with van der Waals surface area (Å²) in [6.07, 6.45) is -0.248. The van der Waals surface area contributed by atoms with E-state index in [0.29, 0.717) is 17.3 Å². The van der Waals surface area contributed by atoms with Crippen molar-refractivity contribution < 1.29 is 47.3 Å². The Morgan fingerprint density at radius 3 is 2.22 bits per heavy atom. The fourth-order valence-corrected chi connectivity index (χ4v) is 4.09. The molecule has 0 spiro atoms. The molecule has 0 heterocycles. The number of rotatable bonds is 12. The van der Waals surface area contributed by atoms with Gasteiger partial charge in [-0.1, -0.05) is 24.3 Å². The number of nitrogens with zero attached hydrogens (tertiary/aromatic N) is 2. The van der Waals surface area contributed by atoms with Crippen molar-refractivity contribution >= 4 is 46.8 Å². The number of anilines is 3. The number of benzene rings is 3. The molecule has 0 aromatic heterocycles. The Morgan fingerprint density at radius 1 is 0.891 bits per heavy atom. The number of carboxylic acids is 1. The quantitative estimate of drug-likeness (QED) is 0.250. The van der Waals surface area contributed by atoms with E-state index in [2.05, 4.69) is 10.6 Å². The minimum absolute atomic E-state index is 0.0197. The smallest absolute Gasteiger partial charge is 0.326 e. The van der Waals surface area contributed by atoms with E-state index < -0.39 is 66.7 Å². The third-order valence-corrected chi connectivity index (χ3v) is 6.06. The molecule has 244 valence electrons. The minimum Gasteiger partial charge on any atom is -0.482 e. The van der Waals surface area contributed by atoms with Crippen LogP contribution in [0.5, 0.6) is 5.75 Å². The van der Waals surface area contributed by atoms with Crippen LogP contribution in [0.15, 0.2) is 66.7 Å². The molecule has 0 saturated heterocycles. The maximum absolute atomic E-state index is 13.7. The van der Waals surface area contributed by atoms with Gasteiger partial charge in [-0.25, -0.2) is 13.6 Å². The monoisotopic (exact) mass is 640 g/mol. The largest absolute Gasteiger partial charge is 0.482 e. The maximum Gasteiger partial charge on any atom is 0.326 e. The topological polar surface area (TPSA) is 155 Å². The highest BCUT2D eigenvalue weighted by atomic mass is 19.1. The van der Waals surface area contributed by atoms with Crippen LogP contribution in [0.2, 0.25) is 0 Å². The van der Waals surface area contributed by atoms with Gasteiger partial charge in [0.2, 0.25) is 5.91 Å². The van der Waals surface area contributed by atoms with Gasteiger partial charge >= 0.3 is 18.0 Å². The van der Waals surface area contributed by atoms with Crippen molar-refractivity contribution in [1.82, 2.24) is 5.32 Å². The van der Waals surface area contributed by atoms with Crippen molar-refractivity contribution in [3.8, 4) is 5.75 Å². The van der Waals surface area contributed by atoms with Gasteiger partial charge < -0.3 is 30.1 Å². The van der Waals surface area contributed by atoms with E-state index in [-0.39, 0.29) is 23.5 Å². The molecule has 0 saturated carbocycles. The van der Waals surface area contributed by atoms with Gasteiger partial charge in [0.25, 0.3) is 5.91 Å². The second-order valence-electron chi connectivity index (χ2n) is 11.0. The van der Waals surface area contributed by atoms with E-state index in [9.17, 15) is 32.8 Å². The molecule has 0 aliphatic rings. The predicted octanol–water partition coefficient (Wildman–Crippen LogP) is 4.13. The normalized spacial score (nSPS) is 10.8. The van der Waals surface area contributed by atoms with Crippen LogP contribution in [0, 0.1) is 11.6 Å². The summed E-state index contributed by atoms with van der Waals surface area (Å²) in [7, 11) is 1.31. The van der Waals surface area contributed by atoms with E-state index in [0.717, 1.165) is 21.9 Å². The Balaban J connectivity index is 1.76. The van der Waals surface area contributed by atoms with Gasteiger partial charge in [-0.05, 0) is 62.7 Å². The zero-order valence-electron chi connectivity index (χ0n) is 25.6. The number of likely N-dealkylation sites (N-methyl/N-ethyl adjacent to an activating group) is 1. The van der Waals surface area contributed by atoms with E-state index in [1.807, 2.05) is 0 Å². The summed E-state index contributed by atoms with van der Waals surface area (Å²) in [6, 6.07) is 14.1. The number of halogens is 2. The zero-order chi connectivity index (χ0) is 34.0. The summed E-state index contributed by atoms with van der Waals surface area (Å²) >= 11 is 0. The van der Waals surface area contributed by atoms with Crippen LogP contribution in [-0.4, -0.2) is 67.2 Å². The van der Waals surface area contributed by atoms with Crippen LogP contribution < -0.4 is 25.2 Å². The highest BCUT2D eigenvalue weighted by Gasteiger charge is 2.26. The lowest BCUT2D eigenvalue weighted by Gasteiger charge is -2.27. The number of amides is 4. The summed E-state index contributed by atoms with van der Waals surface area (Å²) in [4.78, 5) is 64.6. The first-order valence-electron chi connectivity index (χ1n) is 13.9. The molecule has 3 aromatic carbocycles.